The van der Waals surface area contributed by atoms with Crippen molar-refractivity contribution in [3.8, 4) is 11.5 Å². The predicted molar refractivity (Wildman–Crippen MR) is 110 cm³/mol. The molecule has 1 aliphatic rings. The lowest BCUT2D eigenvalue weighted by atomic mass is 10.2. The number of rotatable bonds is 5. The minimum atomic E-state index is -0.363. The van der Waals surface area contributed by atoms with Gasteiger partial charge in [0.25, 0.3) is 11.8 Å². The molecule has 6 nitrogen and oxygen atoms in total. The molecule has 1 fully saturated rings. The molecule has 2 amide bonds. The number of carbonyl (C=O) groups excluding carboxylic acids is 2. The number of ether oxygens (including phenoxy) is 1. The SMILES string of the molecule is O=C(Nc1ccc(Oc2ccccc2)cc1)c1cc(C(=O)N2CCCC2)ccn1. The Balaban J connectivity index is 1.41. The van der Waals surface area contributed by atoms with E-state index in [1.165, 1.54) is 6.20 Å². The van der Waals surface area contributed by atoms with Gasteiger partial charge in [-0.05, 0) is 61.4 Å². The zero-order valence-electron chi connectivity index (χ0n) is 15.9. The largest absolute Gasteiger partial charge is 0.457 e. The molecule has 1 saturated heterocycles. The minimum absolute atomic E-state index is 0.0543. The highest BCUT2D eigenvalue weighted by Gasteiger charge is 2.20. The predicted octanol–water partition coefficient (Wildman–Crippen LogP) is 4.36. The normalized spacial score (nSPS) is 13.2. The summed E-state index contributed by atoms with van der Waals surface area (Å²) in [7, 11) is 0. The number of likely N-dealkylation sites (tertiary alicyclic amines) is 1. The third-order valence-electron chi connectivity index (χ3n) is 4.72. The molecule has 0 atom stereocenters. The highest BCUT2D eigenvalue weighted by Crippen LogP contribution is 2.23. The number of nitrogens with zero attached hydrogens (tertiary/aromatic N) is 2. The second-order valence-corrected chi connectivity index (χ2v) is 6.82. The first-order valence-electron chi connectivity index (χ1n) is 9.59. The number of nitrogens with one attached hydrogen (secondary N) is 1. The van der Waals surface area contributed by atoms with Crippen LogP contribution in [0.5, 0.6) is 11.5 Å². The molecule has 2 aromatic carbocycles. The molecule has 146 valence electrons. The first-order chi connectivity index (χ1) is 14.2. The molecule has 0 saturated carbocycles. The van der Waals surface area contributed by atoms with Gasteiger partial charge < -0.3 is 15.0 Å². The van der Waals surface area contributed by atoms with Crippen LogP contribution < -0.4 is 10.1 Å². The topological polar surface area (TPSA) is 71.5 Å². The zero-order chi connectivity index (χ0) is 20.1. The Hall–Kier alpha value is -3.67. The lowest BCUT2D eigenvalue weighted by molar-refractivity contribution is 0.0792. The van der Waals surface area contributed by atoms with E-state index in [1.807, 2.05) is 35.2 Å². The minimum Gasteiger partial charge on any atom is -0.457 e. The second kappa shape index (κ2) is 8.56. The van der Waals surface area contributed by atoms with Gasteiger partial charge in [-0.2, -0.15) is 0 Å². The third-order valence-corrected chi connectivity index (χ3v) is 4.72. The molecule has 1 aromatic heterocycles. The number of pyridine rings is 1. The molecule has 1 N–H and O–H groups in total. The average molecular weight is 387 g/mol. The van der Waals surface area contributed by atoms with Crippen LogP contribution >= 0.6 is 0 Å². The van der Waals surface area contributed by atoms with Crippen molar-refractivity contribution < 1.29 is 14.3 Å². The van der Waals surface area contributed by atoms with Gasteiger partial charge in [0.2, 0.25) is 0 Å². The third kappa shape index (κ3) is 4.60. The van der Waals surface area contributed by atoms with E-state index in [0.717, 1.165) is 31.7 Å². The van der Waals surface area contributed by atoms with Crippen LogP contribution in [0.3, 0.4) is 0 Å². The van der Waals surface area contributed by atoms with Crippen molar-refractivity contribution in [1.29, 1.82) is 0 Å². The molecule has 2 heterocycles. The monoisotopic (exact) mass is 387 g/mol. The molecule has 6 heteroatoms. The van der Waals surface area contributed by atoms with Gasteiger partial charge in [-0.25, -0.2) is 0 Å². The average Bonchev–Trinajstić information content (AvgIpc) is 3.30. The number of hydrogen-bond donors (Lipinski definition) is 1. The van der Waals surface area contributed by atoms with Gasteiger partial charge in [-0.1, -0.05) is 18.2 Å². The Morgan fingerprint density at radius 1 is 0.897 bits per heavy atom. The van der Waals surface area contributed by atoms with Gasteiger partial charge in [-0.15, -0.1) is 0 Å². The number of aromatic nitrogens is 1. The maximum absolute atomic E-state index is 12.6. The number of para-hydroxylation sites is 1. The van der Waals surface area contributed by atoms with Crippen LogP contribution in [-0.2, 0) is 0 Å². The number of benzene rings is 2. The smallest absolute Gasteiger partial charge is 0.274 e. The quantitative estimate of drug-likeness (QED) is 0.706. The molecule has 3 aromatic rings. The highest BCUT2D eigenvalue weighted by molar-refractivity contribution is 6.04. The van der Waals surface area contributed by atoms with Gasteiger partial charge in [0.15, 0.2) is 0 Å². The van der Waals surface area contributed by atoms with Crippen molar-refractivity contribution in [3.05, 3.63) is 84.2 Å². The van der Waals surface area contributed by atoms with Gasteiger partial charge in [0.05, 0.1) is 0 Å². The summed E-state index contributed by atoms with van der Waals surface area (Å²) in [6.07, 6.45) is 3.54. The lowest BCUT2D eigenvalue weighted by Crippen LogP contribution is -2.28. The molecular weight excluding hydrogens is 366 g/mol. The Morgan fingerprint density at radius 2 is 1.59 bits per heavy atom. The summed E-state index contributed by atoms with van der Waals surface area (Å²) in [5.41, 5.74) is 1.31. The van der Waals surface area contributed by atoms with Crippen LogP contribution in [0.2, 0.25) is 0 Å². The summed E-state index contributed by atoms with van der Waals surface area (Å²) in [4.78, 5) is 31.0. The van der Waals surface area contributed by atoms with Crippen LogP contribution in [-0.4, -0.2) is 34.8 Å². The van der Waals surface area contributed by atoms with E-state index >= 15 is 0 Å². The standard InChI is InChI=1S/C23H21N3O3/c27-22(21-16-17(12-13-24-21)23(28)26-14-4-5-15-26)25-18-8-10-20(11-9-18)29-19-6-2-1-3-7-19/h1-3,6-13,16H,4-5,14-15H2,(H,25,27). The van der Waals surface area contributed by atoms with Crippen LogP contribution in [0.1, 0.15) is 33.7 Å². The van der Waals surface area contributed by atoms with E-state index in [4.69, 9.17) is 4.74 Å². The van der Waals surface area contributed by atoms with E-state index in [1.54, 1.807) is 36.4 Å². The van der Waals surface area contributed by atoms with Crippen LogP contribution in [0.15, 0.2) is 72.9 Å². The maximum atomic E-state index is 12.6. The summed E-state index contributed by atoms with van der Waals surface area (Å²) in [5.74, 6) is 0.998. The first-order valence-corrected chi connectivity index (χ1v) is 9.59. The molecule has 0 radical (unpaired) electrons. The molecule has 0 unspecified atom stereocenters. The van der Waals surface area contributed by atoms with Crippen molar-refractivity contribution in [2.24, 2.45) is 0 Å². The van der Waals surface area contributed by atoms with Gasteiger partial charge >= 0.3 is 0 Å². The summed E-state index contributed by atoms with van der Waals surface area (Å²) in [6, 6.07) is 19.7. The van der Waals surface area contributed by atoms with E-state index in [2.05, 4.69) is 10.3 Å². The summed E-state index contributed by atoms with van der Waals surface area (Å²) in [5, 5.41) is 2.80. The van der Waals surface area contributed by atoms with E-state index in [9.17, 15) is 9.59 Å². The highest BCUT2D eigenvalue weighted by atomic mass is 16.5. The second-order valence-electron chi connectivity index (χ2n) is 6.82. The Bertz CT molecular complexity index is 997. The molecule has 1 aliphatic heterocycles. The fourth-order valence-electron chi connectivity index (χ4n) is 3.22. The fourth-order valence-corrected chi connectivity index (χ4v) is 3.22. The van der Waals surface area contributed by atoms with Crippen LogP contribution in [0.4, 0.5) is 5.69 Å². The number of amides is 2. The van der Waals surface area contributed by atoms with E-state index in [0.29, 0.717) is 17.0 Å². The van der Waals surface area contributed by atoms with Crippen molar-refractivity contribution >= 4 is 17.5 Å². The lowest BCUT2D eigenvalue weighted by Gasteiger charge is -2.15. The molecule has 0 aliphatic carbocycles. The first kappa shape index (κ1) is 18.7. The Morgan fingerprint density at radius 3 is 2.31 bits per heavy atom. The van der Waals surface area contributed by atoms with Crippen LogP contribution in [0.25, 0.3) is 0 Å². The number of hydrogen-bond acceptors (Lipinski definition) is 4. The van der Waals surface area contributed by atoms with Crippen molar-refractivity contribution in [3.63, 3.8) is 0 Å². The Kier molecular flexibility index (Phi) is 5.52. The molecule has 0 bridgehead atoms. The van der Waals surface area contributed by atoms with E-state index in [-0.39, 0.29) is 17.5 Å². The molecular formula is C23H21N3O3. The molecule has 0 spiro atoms. The summed E-state index contributed by atoms with van der Waals surface area (Å²) < 4.78 is 5.75. The van der Waals surface area contributed by atoms with Crippen molar-refractivity contribution in [2.75, 3.05) is 18.4 Å². The van der Waals surface area contributed by atoms with E-state index < -0.39 is 0 Å². The maximum Gasteiger partial charge on any atom is 0.274 e. The Labute approximate surface area is 169 Å². The van der Waals surface area contributed by atoms with Crippen molar-refractivity contribution in [2.45, 2.75) is 12.8 Å². The number of anilines is 1. The van der Waals surface area contributed by atoms with Gasteiger partial charge in [-0.3, -0.25) is 14.6 Å². The number of carbonyl (C=O) groups is 2. The van der Waals surface area contributed by atoms with Gasteiger partial charge in [0.1, 0.15) is 17.2 Å². The van der Waals surface area contributed by atoms with Crippen molar-refractivity contribution in [1.82, 2.24) is 9.88 Å². The summed E-state index contributed by atoms with van der Waals surface area (Å²) in [6.45, 7) is 1.53. The fraction of sp³-hybridized carbons (Fsp3) is 0.174. The van der Waals surface area contributed by atoms with Gasteiger partial charge in [0, 0.05) is 30.5 Å². The molecule has 29 heavy (non-hydrogen) atoms. The zero-order valence-corrected chi connectivity index (χ0v) is 15.9. The summed E-state index contributed by atoms with van der Waals surface area (Å²) >= 11 is 0. The van der Waals surface area contributed by atoms with Crippen LogP contribution in [0, 0.1) is 0 Å². The molecule has 4 rings (SSSR count).